The van der Waals surface area contributed by atoms with Crippen molar-refractivity contribution in [3.8, 4) is 5.75 Å². The zero-order valence-corrected chi connectivity index (χ0v) is 19.0. The van der Waals surface area contributed by atoms with Crippen LogP contribution in [0.2, 0.25) is 0 Å². The van der Waals surface area contributed by atoms with Gasteiger partial charge in [0.1, 0.15) is 18.8 Å². The number of methoxy groups -OCH3 is 2. The Morgan fingerprint density at radius 3 is 2.71 bits per heavy atom. The maximum Gasteiger partial charge on any atom is 0.188 e. The molecule has 3 aliphatic rings. The molecule has 0 bridgehead atoms. The molecular weight excluding hydrogens is 392 g/mol. The molecule has 1 aromatic carbocycles. The van der Waals surface area contributed by atoms with Crippen LogP contribution < -0.4 is 4.74 Å². The molecular formula is C26H36O5. The molecule has 2 fully saturated rings. The summed E-state index contributed by atoms with van der Waals surface area (Å²) < 4.78 is 22.2. The second-order valence-corrected chi connectivity index (χ2v) is 9.63. The third kappa shape index (κ3) is 4.33. The van der Waals surface area contributed by atoms with Crippen LogP contribution in [0.3, 0.4) is 0 Å². The van der Waals surface area contributed by atoms with Crippen molar-refractivity contribution in [3.63, 3.8) is 0 Å². The van der Waals surface area contributed by atoms with Crippen LogP contribution in [0.5, 0.6) is 5.75 Å². The lowest BCUT2D eigenvalue weighted by atomic mass is 9.53. The van der Waals surface area contributed by atoms with Crippen molar-refractivity contribution in [2.24, 2.45) is 17.3 Å². The predicted molar refractivity (Wildman–Crippen MR) is 119 cm³/mol. The number of hydrogen-bond donors (Lipinski definition) is 0. The highest BCUT2D eigenvalue weighted by atomic mass is 16.7. The molecule has 0 aliphatic heterocycles. The molecule has 6 atom stereocenters. The van der Waals surface area contributed by atoms with Gasteiger partial charge in [-0.05, 0) is 96.9 Å². The molecule has 5 heteroatoms. The molecule has 0 heterocycles. The molecule has 0 spiro atoms. The minimum Gasteiger partial charge on any atom is -0.468 e. The van der Waals surface area contributed by atoms with E-state index in [1.807, 2.05) is 6.08 Å². The number of hydrogen-bond acceptors (Lipinski definition) is 5. The Kier molecular flexibility index (Phi) is 7.15. The summed E-state index contributed by atoms with van der Waals surface area (Å²) in [5, 5.41) is 0. The molecule has 3 aliphatic carbocycles. The van der Waals surface area contributed by atoms with Crippen molar-refractivity contribution in [3.05, 3.63) is 41.5 Å². The fourth-order valence-electron chi connectivity index (χ4n) is 6.82. The van der Waals surface area contributed by atoms with E-state index in [1.165, 1.54) is 30.4 Å². The zero-order valence-electron chi connectivity index (χ0n) is 19.0. The fourth-order valence-corrected chi connectivity index (χ4v) is 6.82. The Balaban J connectivity index is 1.63. The maximum absolute atomic E-state index is 10.9. The van der Waals surface area contributed by atoms with Crippen molar-refractivity contribution in [2.45, 2.75) is 63.4 Å². The topological polar surface area (TPSA) is 54.0 Å². The quantitative estimate of drug-likeness (QED) is 0.307. The highest BCUT2D eigenvalue weighted by molar-refractivity contribution is 5.64. The molecule has 0 unspecified atom stereocenters. The second kappa shape index (κ2) is 9.85. The van der Waals surface area contributed by atoms with E-state index in [0.29, 0.717) is 30.5 Å². The first-order chi connectivity index (χ1) is 15.1. The normalized spacial score (nSPS) is 34.2. The molecule has 31 heavy (non-hydrogen) atoms. The second-order valence-electron chi connectivity index (χ2n) is 9.63. The summed E-state index contributed by atoms with van der Waals surface area (Å²) in [6.45, 7) is 3.08. The lowest BCUT2D eigenvalue weighted by Crippen LogP contribution is -2.45. The molecule has 0 N–H and O–H groups in total. The van der Waals surface area contributed by atoms with Gasteiger partial charge >= 0.3 is 0 Å². The number of fused-ring (bicyclic) bond motifs is 5. The average molecular weight is 429 g/mol. The van der Waals surface area contributed by atoms with Gasteiger partial charge in [0.2, 0.25) is 0 Å². The first-order valence-electron chi connectivity index (χ1n) is 11.6. The summed E-state index contributed by atoms with van der Waals surface area (Å²) in [5.41, 5.74) is 3.09. The van der Waals surface area contributed by atoms with Crippen LogP contribution in [0.15, 0.2) is 30.4 Å². The van der Waals surface area contributed by atoms with E-state index in [0.717, 1.165) is 31.3 Å². The van der Waals surface area contributed by atoms with Gasteiger partial charge in [0, 0.05) is 14.2 Å². The summed E-state index contributed by atoms with van der Waals surface area (Å²) in [5.74, 6) is 3.18. The minimum absolute atomic E-state index is 0.224. The van der Waals surface area contributed by atoms with Gasteiger partial charge in [-0.15, -0.1) is 0 Å². The van der Waals surface area contributed by atoms with Gasteiger partial charge in [-0.1, -0.05) is 19.1 Å². The van der Waals surface area contributed by atoms with Crippen molar-refractivity contribution in [1.82, 2.24) is 0 Å². The van der Waals surface area contributed by atoms with Crippen molar-refractivity contribution >= 4 is 6.29 Å². The Bertz CT molecular complexity index is 790. The Morgan fingerprint density at radius 2 is 1.94 bits per heavy atom. The predicted octanol–water partition coefficient (Wildman–Crippen LogP) is 5.20. The number of benzene rings is 1. The Hall–Kier alpha value is -1.69. The van der Waals surface area contributed by atoms with Crippen LogP contribution in [0.25, 0.3) is 0 Å². The first-order valence-corrected chi connectivity index (χ1v) is 11.6. The van der Waals surface area contributed by atoms with Gasteiger partial charge in [0.15, 0.2) is 6.79 Å². The summed E-state index contributed by atoms with van der Waals surface area (Å²) in [6.07, 6.45) is 11.6. The number of aldehydes is 1. The fraction of sp³-hybridized carbons (Fsp3) is 0.654. The lowest BCUT2D eigenvalue weighted by molar-refractivity contribution is -0.125. The summed E-state index contributed by atoms with van der Waals surface area (Å²) in [6, 6.07) is 6.58. The number of rotatable bonds is 9. The average Bonchev–Trinajstić information content (AvgIpc) is 3.12. The van der Waals surface area contributed by atoms with E-state index >= 15 is 0 Å². The van der Waals surface area contributed by atoms with Crippen LogP contribution in [-0.4, -0.2) is 40.2 Å². The Labute approximate surface area is 186 Å². The molecule has 1 aromatic rings. The third-order valence-corrected chi connectivity index (χ3v) is 8.17. The highest BCUT2D eigenvalue weighted by Crippen LogP contribution is 2.63. The van der Waals surface area contributed by atoms with Crippen LogP contribution in [-0.2, 0) is 19.0 Å². The number of allylic oxidation sites excluding steroid dienone is 2. The Morgan fingerprint density at radius 1 is 1.10 bits per heavy atom. The van der Waals surface area contributed by atoms with Gasteiger partial charge < -0.3 is 18.9 Å². The van der Waals surface area contributed by atoms with Crippen molar-refractivity contribution < 1.29 is 23.7 Å². The lowest BCUT2D eigenvalue weighted by Gasteiger charge is -2.52. The van der Waals surface area contributed by atoms with Gasteiger partial charge in [-0.2, -0.15) is 0 Å². The molecule has 0 amide bonds. The minimum atomic E-state index is 0.224. The van der Waals surface area contributed by atoms with Gasteiger partial charge in [0.25, 0.3) is 0 Å². The molecule has 5 nitrogen and oxygen atoms in total. The summed E-state index contributed by atoms with van der Waals surface area (Å²) in [4.78, 5) is 10.9. The van der Waals surface area contributed by atoms with Crippen LogP contribution in [0, 0.1) is 17.3 Å². The molecule has 0 radical (unpaired) electrons. The third-order valence-electron chi connectivity index (χ3n) is 8.17. The molecule has 4 rings (SSSR count). The van der Waals surface area contributed by atoms with E-state index in [4.69, 9.17) is 18.9 Å². The molecule has 170 valence electrons. The number of carbonyl (C=O) groups excluding carboxylic acids is 1. The number of ether oxygens (including phenoxy) is 4. The van der Waals surface area contributed by atoms with Crippen LogP contribution in [0.4, 0.5) is 0 Å². The van der Waals surface area contributed by atoms with E-state index in [1.54, 1.807) is 20.3 Å². The first kappa shape index (κ1) is 22.5. The van der Waals surface area contributed by atoms with Gasteiger partial charge in [0.05, 0.1) is 6.10 Å². The standard InChI is InChI=1S/C26H36O5/c1-26-12-11-21-20-8-7-19(30-16-28-2)15-22(20)18(6-4-5-13-27)14-23(21)24(26)9-10-25(26)31-17-29-3/h4-5,7-8,13,15,18,21,23-25H,6,9-12,14,16-17H2,1-3H3/t18-,21-,23-,24+,25+,26+/m1/s1. The van der Waals surface area contributed by atoms with Gasteiger partial charge in [-0.3, -0.25) is 4.79 Å². The van der Waals surface area contributed by atoms with Crippen LogP contribution >= 0.6 is 0 Å². The van der Waals surface area contributed by atoms with E-state index in [9.17, 15) is 4.79 Å². The van der Waals surface area contributed by atoms with Gasteiger partial charge in [-0.25, -0.2) is 0 Å². The largest absolute Gasteiger partial charge is 0.468 e. The van der Waals surface area contributed by atoms with Crippen LogP contribution in [0.1, 0.15) is 68.4 Å². The highest BCUT2D eigenvalue weighted by Gasteiger charge is 2.56. The summed E-state index contributed by atoms with van der Waals surface area (Å²) in [7, 11) is 3.34. The van der Waals surface area contributed by atoms with E-state index in [2.05, 4.69) is 25.1 Å². The summed E-state index contributed by atoms with van der Waals surface area (Å²) >= 11 is 0. The maximum atomic E-state index is 10.9. The monoisotopic (exact) mass is 428 g/mol. The van der Waals surface area contributed by atoms with E-state index in [-0.39, 0.29) is 18.3 Å². The van der Waals surface area contributed by atoms with E-state index < -0.39 is 0 Å². The SMILES string of the molecule is COCOc1ccc2c(c1)[C@H](CC=CC=O)C[C@@H]1[C@@H]2CC[C@]2(C)[C@@H](OCOC)CC[C@@H]12. The number of carbonyl (C=O) groups is 1. The van der Waals surface area contributed by atoms with Crippen molar-refractivity contribution in [2.75, 3.05) is 27.8 Å². The molecule has 0 saturated heterocycles. The molecule has 2 saturated carbocycles. The smallest absolute Gasteiger partial charge is 0.188 e. The zero-order chi connectivity index (χ0) is 21.8. The van der Waals surface area contributed by atoms with Crippen molar-refractivity contribution in [1.29, 1.82) is 0 Å². The molecule has 0 aromatic heterocycles.